The molecule has 23 heavy (non-hydrogen) atoms. The molecule has 0 bridgehead atoms. The number of carbonyl (C=O) groups excluding carboxylic acids is 3. The molecule has 2 aliphatic rings. The van der Waals surface area contributed by atoms with Crippen molar-refractivity contribution in [2.24, 2.45) is 11.8 Å². The third-order valence-electron chi connectivity index (χ3n) is 4.37. The minimum atomic E-state index is -0.507. The first kappa shape index (κ1) is 15.4. The molecule has 1 saturated heterocycles. The maximum absolute atomic E-state index is 13.3. The molecular weight excluding hydrogens is 299 g/mol. The van der Waals surface area contributed by atoms with Crippen LogP contribution in [0.2, 0.25) is 0 Å². The van der Waals surface area contributed by atoms with Crippen LogP contribution in [0.25, 0.3) is 0 Å². The van der Waals surface area contributed by atoms with E-state index in [-0.39, 0.29) is 30.2 Å². The molecule has 120 valence electrons. The molecule has 1 aromatic rings. The number of likely N-dealkylation sites (tertiary alicyclic amines) is 1. The molecule has 5 nitrogen and oxygen atoms in total. The van der Waals surface area contributed by atoms with Crippen LogP contribution in [-0.4, -0.2) is 29.2 Å². The number of benzene rings is 1. The summed E-state index contributed by atoms with van der Waals surface area (Å²) in [6.45, 7) is 1.40. The Balaban J connectivity index is 1.70. The van der Waals surface area contributed by atoms with E-state index in [0.29, 0.717) is 24.1 Å². The van der Waals surface area contributed by atoms with E-state index < -0.39 is 11.7 Å². The number of rotatable bonds is 3. The maximum Gasteiger partial charge on any atom is 0.244 e. The Bertz CT molecular complexity index is 688. The fourth-order valence-electron chi connectivity index (χ4n) is 3.09. The summed E-state index contributed by atoms with van der Waals surface area (Å²) in [6.07, 6.45) is 4.87. The summed E-state index contributed by atoms with van der Waals surface area (Å²) in [5, 5.41) is 2.56. The molecule has 3 rings (SSSR count). The fourth-order valence-corrected chi connectivity index (χ4v) is 3.09. The van der Waals surface area contributed by atoms with Crippen LogP contribution >= 0.6 is 0 Å². The number of carbonyl (C=O) groups is 3. The standard InChI is InChI=1S/C17H17FN2O3/c1-10-6-7-11(18)8-14(10)19-15(21)9-20-16(22)12-4-2-3-5-13(12)17(20)23/h2-3,6-8,12-13H,4-5,9H2,1H3,(H,19,21). The molecule has 2 atom stereocenters. The molecule has 1 aliphatic heterocycles. The fraction of sp³-hybridized carbons (Fsp3) is 0.353. The van der Waals surface area contributed by atoms with Crippen LogP contribution in [0, 0.1) is 24.6 Å². The maximum atomic E-state index is 13.3. The van der Waals surface area contributed by atoms with Gasteiger partial charge in [0.15, 0.2) is 0 Å². The number of halogens is 1. The molecule has 1 aliphatic carbocycles. The quantitative estimate of drug-likeness (QED) is 0.685. The lowest BCUT2D eigenvalue weighted by atomic mass is 9.85. The topological polar surface area (TPSA) is 66.5 Å². The summed E-state index contributed by atoms with van der Waals surface area (Å²) in [6, 6.07) is 4.07. The van der Waals surface area contributed by atoms with Crippen molar-refractivity contribution in [1.29, 1.82) is 0 Å². The number of allylic oxidation sites excluding steroid dienone is 2. The number of nitrogens with one attached hydrogen (secondary N) is 1. The van der Waals surface area contributed by atoms with Crippen molar-refractivity contribution in [3.63, 3.8) is 0 Å². The SMILES string of the molecule is Cc1ccc(F)cc1NC(=O)CN1C(=O)C2CC=CCC2C1=O. The van der Waals surface area contributed by atoms with Gasteiger partial charge in [-0.2, -0.15) is 0 Å². The molecule has 3 amide bonds. The molecule has 1 heterocycles. The van der Waals surface area contributed by atoms with Crippen molar-refractivity contribution < 1.29 is 18.8 Å². The van der Waals surface area contributed by atoms with Crippen LogP contribution in [0.4, 0.5) is 10.1 Å². The summed E-state index contributed by atoms with van der Waals surface area (Å²) in [5.74, 6) is -2.26. The zero-order chi connectivity index (χ0) is 16.6. The minimum absolute atomic E-state index is 0.296. The average molecular weight is 316 g/mol. The van der Waals surface area contributed by atoms with Gasteiger partial charge in [-0.15, -0.1) is 0 Å². The van der Waals surface area contributed by atoms with Gasteiger partial charge in [0, 0.05) is 5.69 Å². The number of imide groups is 1. The van der Waals surface area contributed by atoms with E-state index in [0.717, 1.165) is 4.90 Å². The van der Waals surface area contributed by atoms with Crippen molar-refractivity contribution in [3.05, 3.63) is 41.7 Å². The number of nitrogens with zero attached hydrogens (tertiary/aromatic N) is 1. The van der Waals surface area contributed by atoms with Gasteiger partial charge in [0.05, 0.1) is 11.8 Å². The van der Waals surface area contributed by atoms with Crippen molar-refractivity contribution in [2.75, 3.05) is 11.9 Å². The van der Waals surface area contributed by atoms with E-state index >= 15 is 0 Å². The van der Waals surface area contributed by atoms with E-state index in [1.165, 1.54) is 12.1 Å². The van der Waals surface area contributed by atoms with Crippen LogP contribution in [-0.2, 0) is 14.4 Å². The highest BCUT2D eigenvalue weighted by atomic mass is 19.1. The lowest BCUT2D eigenvalue weighted by molar-refractivity contribution is -0.142. The van der Waals surface area contributed by atoms with Gasteiger partial charge in [0.2, 0.25) is 17.7 Å². The molecule has 1 N–H and O–H groups in total. The van der Waals surface area contributed by atoms with Gasteiger partial charge < -0.3 is 5.32 Å². The largest absolute Gasteiger partial charge is 0.324 e. The lowest BCUT2D eigenvalue weighted by Gasteiger charge is -2.15. The van der Waals surface area contributed by atoms with Crippen LogP contribution < -0.4 is 5.32 Å². The number of anilines is 1. The Morgan fingerprint density at radius 2 is 1.83 bits per heavy atom. The Morgan fingerprint density at radius 1 is 1.22 bits per heavy atom. The first-order chi connectivity index (χ1) is 11.0. The Kier molecular flexibility index (Phi) is 3.98. The van der Waals surface area contributed by atoms with E-state index in [2.05, 4.69) is 5.32 Å². The third kappa shape index (κ3) is 2.88. The van der Waals surface area contributed by atoms with Crippen LogP contribution in [0.3, 0.4) is 0 Å². The second-order valence-corrected chi connectivity index (χ2v) is 5.93. The normalized spacial score (nSPS) is 23.1. The lowest BCUT2D eigenvalue weighted by Crippen LogP contribution is -2.38. The van der Waals surface area contributed by atoms with Crippen LogP contribution in [0.15, 0.2) is 30.4 Å². The van der Waals surface area contributed by atoms with Crippen molar-refractivity contribution in [3.8, 4) is 0 Å². The second kappa shape index (κ2) is 5.95. The molecule has 0 spiro atoms. The van der Waals surface area contributed by atoms with Crippen molar-refractivity contribution in [1.82, 2.24) is 4.90 Å². The van der Waals surface area contributed by atoms with Gasteiger partial charge in [-0.3, -0.25) is 19.3 Å². The predicted molar refractivity (Wildman–Crippen MR) is 81.8 cm³/mol. The molecule has 0 saturated carbocycles. The second-order valence-electron chi connectivity index (χ2n) is 5.93. The highest BCUT2D eigenvalue weighted by Crippen LogP contribution is 2.34. The smallest absolute Gasteiger partial charge is 0.244 e. The summed E-state index contributed by atoms with van der Waals surface area (Å²) in [7, 11) is 0. The summed E-state index contributed by atoms with van der Waals surface area (Å²) in [5.41, 5.74) is 1.05. The summed E-state index contributed by atoms with van der Waals surface area (Å²) in [4.78, 5) is 37.7. The zero-order valence-corrected chi connectivity index (χ0v) is 12.7. The van der Waals surface area contributed by atoms with E-state index in [1.54, 1.807) is 13.0 Å². The van der Waals surface area contributed by atoms with E-state index in [9.17, 15) is 18.8 Å². The van der Waals surface area contributed by atoms with Crippen molar-refractivity contribution in [2.45, 2.75) is 19.8 Å². The van der Waals surface area contributed by atoms with Crippen molar-refractivity contribution >= 4 is 23.4 Å². The molecule has 2 unspecified atom stereocenters. The van der Waals surface area contributed by atoms with E-state index in [1.807, 2.05) is 12.2 Å². The minimum Gasteiger partial charge on any atom is -0.324 e. The highest BCUT2D eigenvalue weighted by molar-refractivity contribution is 6.08. The molecule has 1 aromatic carbocycles. The Morgan fingerprint density at radius 3 is 2.43 bits per heavy atom. The molecule has 0 radical (unpaired) electrons. The van der Waals surface area contributed by atoms with Crippen LogP contribution in [0.5, 0.6) is 0 Å². The third-order valence-corrected chi connectivity index (χ3v) is 4.37. The highest BCUT2D eigenvalue weighted by Gasteiger charge is 2.47. The monoisotopic (exact) mass is 316 g/mol. The van der Waals surface area contributed by atoms with Gasteiger partial charge in [-0.05, 0) is 37.5 Å². The number of hydrogen-bond acceptors (Lipinski definition) is 3. The van der Waals surface area contributed by atoms with Gasteiger partial charge in [-0.25, -0.2) is 4.39 Å². The molecular formula is C17H17FN2O3. The van der Waals surface area contributed by atoms with E-state index in [4.69, 9.17) is 0 Å². The number of fused-ring (bicyclic) bond motifs is 1. The van der Waals surface area contributed by atoms with Gasteiger partial charge in [0.1, 0.15) is 12.4 Å². The Hall–Kier alpha value is -2.50. The van der Waals surface area contributed by atoms with Crippen LogP contribution in [0.1, 0.15) is 18.4 Å². The number of aryl methyl sites for hydroxylation is 1. The first-order valence-electron chi connectivity index (χ1n) is 7.53. The molecule has 0 aromatic heterocycles. The Labute approximate surface area is 133 Å². The van der Waals surface area contributed by atoms with Gasteiger partial charge >= 0.3 is 0 Å². The number of hydrogen-bond donors (Lipinski definition) is 1. The first-order valence-corrected chi connectivity index (χ1v) is 7.53. The summed E-state index contributed by atoms with van der Waals surface area (Å²) >= 11 is 0. The number of amides is 3. The average Bonchev–Trinajstić information content (AvgIpc) is 2.76. The van der Waals surface area contributed by atoms with Gasteiger partial charge in [-0.1, -0.05) is 18.2 Å². The summed E-state index contributed by atoms with van der Waals surface area (Å²) < 4.78 is 13.3. The molecule has 1 fully saturated rings. The zero-order valence-electron chi connectivity index (χ0n) is 12.7. The van der Waals surface area contributed by atoms with Gasteiger partial charge in [0.25, 0.3) is 0 Å². The molecule has 6 heteroatoms. The predicted octanol–water partition coefficient (Wildman–Crippen LogP) is 2.02.